The van der Waals surface area contributed by atoms with E-state index in [1.54, 1.807) is 0 Å². The van der Waals surface area contributed by atoms with E-state index < -0.39 is 0 Å². The van der Waals surface area contributed by atoms with Crippen LogP contribution in [0.25, 0.3) is 0 Å². The number of aldehydes is 1. The van der Waals surface area contributed by atoms with Crippen LogP contribution in [0.15, 0.2) is 0 Å². The monoisotopic (exact) mass is 124 g/mol. The van der Waals surface area contributed by atoms with Crippen LogP contribution < -0.4 is 0 Å². The van der Waals surface area contributed by atoms with E-state index >= 15 is 0 Å². The molecule has 0 aliphatic heterocycles. The average Bonchev–Trinajstić information content (AvgIpc) is 1.81. The summed E-state index contributed by atoms with van der Waals surface area (Å²) < 4.78 is 2.25. The maximum absolute atomic E-state index is 9.80. The molecule has 2 heteroatoms. The molecule has 0 aromatic heterocycles. The lowest BCUT2D eigenvalue weighted by atomic mass is 10.4. The van der Waals surface area contributed by atoms with Crippen LogP contribution in [0, 0.1) is 0 Å². The molecule has 0 unspecified atom stereocenters. The molecule has 0 radical (unpaired) electrons. The minimum absolute atomic E-state index is 0.0322. The van der Waals surface area contributed by atoms with Crippen LogP contribution in [0.3, 0.4) is 0 Å². The number of hydrogen-bond donors (Lipinski definition) is 0. The molecular weight excluding hydrogens is 112 g/mol. The molecule has 0 heterocycles. The first-order valence-electron chi connectivity index (χ1n) is 3.35. The van der Waals surface area contributed by atoms with Gasteiger partial charge in [-0.15, -0.1) is 4.55 Å². The second kappa shape index (κ2) is 7.44. The zero-order valence-corrected chi connectivity index (χ0v) is 6.94. The number of carbonyl (C=O) groups is 1. The van der Waals surface area contributed by atoms with Crippen LogP contribution in [-0.2, 0) is 4.79 Å². The fourth-order valence-corrected chi connectivity index (χ4v) is 1.96. The van der Waals surface area contributed by atoms with Crippen molar-refractivity contribution in [3.8, 4) is 0 Å². The maximum Gasteiger partial charge on any atom is 0.375 e. The van der Waals surface area contributed by atoms with Crippen molar-refractivity contribution in [1.82, 2.24) is 0 Å². The normalized spacial score (nSPS) is 8.12. The summed E-state index contributed by atoms with van der Waals surface area (Å²) >= 11 is 0.0322. The summed E-state index contributed by atoms with van der Waals surface area (Å²) in [5.74, 6) is 0. The standard InChI is InChI=1S/C4H9.C2H3O.Mg/c1-3-4-2;1-2-3;/h1,3-4H2,2H3;2H,1H2;. The second-order valence-electron chi connectivity index (χ2n) is 2.02. The van der Waals surface area contributed by atoms with Crippen LogP contribution in [0.5, 0.6) is 0 Å². The molecule has 0 bridgehead atoms. The molecule has 0 aromatic rings. The third-order valence-electron chi connectivity index (χ3n) is 1.18. The molecule has 0 aliphatic rings. The number of unbranched alkanes of at least 4 members (excludes halogenated alkanes) is 1. The van der Waals surface area contributed by atoms with E-state index in [1.165, 1.54) is 17.4 Å². The Morgan fingerprint density at radius 3 is 2.88 bits per heavy atom. The summed E-state index contributed by atoms with van der Waals surface area (Å²) in [7, 11) is 0. The van der Waals surface area contributed by atoms with Crippen molar-refractivity contribution in [2.75, 3.05) is 0 Å². The molecule has 0 aliphatic carbocycles. The van der Waals surface area contributed by atoms with Crippen LogP contribution in [-0.4, -0.2) is 26.7 Å². The van der Waals surface area contributed by atoms with E-state index in [9.17, 15) is 4.79 Å². The molecule has 0 aromatic carbocycles. The van der Waals surface area contributed by atoms with Gasteiger partial charge in [0.2, 0.25) is 0 Å². The van der Waals surface area contributed by atoms with Gasteiger partial charge in [0.1, 0.15) is 0 Å². The van der Waals surface area contributed by atoms with E-state index in [4.69, 9.17) is 0 Å². The molecule has 0 saturated heterocycles. The number of hydrogen-bond acceptors (Lipinski definition) is 1. The van der Waals surface area contributed by atoms with Crippen LogP contribution in [0.1, 0.15) is 19.8 Å². The van der Waals surface area contributed by atoms with Crippen LogP contribution in [0.4, 0.5) is 0 Å². The van der Waals surface area contributed by atoms with Gasteiger partial charge in [-0.3, -0.25) is 0 Å². The summed E-state index contributed by atoms with van der Waals surface area (Å²) in [6.45, 7) is 2.19. The first kappa shape index (κ1) is 8.44. The maximum atomic E-state index is 9.80. The Morgan fingerprint density at radius 2 is 2.38 bits per heavy atom. The summed E-state index contributed by atoms with van der Waals surface area (Å²) in [5.41, 5.74) is 0. The molecule has 0 fully saturated rings. The summed E-state index contributed by atoms with van der Waals surface area (Å²) in [6, 6.07) is 0. The lowest BCUT2D eigenvalue weighted by Gasteiger charge is -1.87. The fourth-order valence-electron chi connectivity index (χ4n) is 0.654. The molecule has 1 nitrogen and oxygen atoms in total. The van der Waals surface area contributed by atoms with Gasteiger partial charge in [-0.2, -0.15) is 0 Å². The quantitative estimate of drug-likeness (QED) is 0.309. The minimum Gasteiger partial charge on any atom is -0.306 e. The van der Waals surface area contributed by atoms with Crippen molar-refractivity contribution >= 4 is 26.7 Å². The Morgan fingerprint density at radius 1 is 1.62 bits per heavy atom. The third kappa shape index (κ3) is 6.44. The van der Waals surface area contributed by atoms with Crippen molar-refractivity contribution in [2.45, 2.75) is 28.9 Å². The van der Waals surface area contributed by atoms with E-state index in [2.05, 4.69) is 6.92 Å². The van der Waals surface area contributed by atoms with Gasteiger partial charge in [-0.05, 0) is 0 Å². The molecule has 0 amide bonds. The zero-order chi connectivity index (χ0) is 6.24. The van der Waals surface area contributed by atoms with E-state index in [-0.39, 0.29) is 20.4 Å². The van der Waals surface area contributed by atoms with Gasteiger partial charge in [0.05, 0.1) is 6.29 Å². The smallest absolute Gasteiger partial charge is 0.306 e. The van der Waals surface area contributed by atoms with Gasteiger partial charge in [-0.1, -0.05) is 24.3 Å². The summed E-state index contributed by atoms with van der Waals surface area (Å²) in [6.07, 6.45) is 3.67. The molecule has 0 saturated carbocycles. The summed E-state index contributed by atoms with van der Waals surface area (Å²) in [5, 5.41) is 0. The van der Waals surface area contributed by atoms with Crippen LogP contribution in [0.2, 0.25) is 9.10 Å². The average molecular weight is 124 g/mol. The fraction of sp³-hybridized carbons (Fsp3) is 0.833. The number of carbonyl (C=O) groups excluding carboxylic acids is 1. The SMILES string of the molecule is CCC[CH2][Mg][CH2]C=O. The van der Waals surface area contributed by atoms with Gasteiger partial charge in [0.15, 0.2) is 0 Å². The molecule has 0 rings (SSSR count). The minimum atomic E-state index is 0.0322. The second-order valence-corrected chi connectivity index (χ2v) is 4.01. The van der Waals surface area contributed by atoms with Gasteiger partial charge >= 0.3 is 20.4 Å². The lowest BCUT2D eigenvalue weighted by molar-refractivity contribution is -0.106. The highest BCUT2D eigenvalue weighted by atomic mass is 24.5. The molecular formula is C6H12MgO. The van der Waals surface area contributed by atoms with Crippen molar-refractivity contribution < 1.29 is 4.79 Å². The largest absolute Gasteiger partial charge is 0.375 e. The lowest BCUT2D eigenvalue weighted by Crippen LogP contribution is -1.87. The van der Waals surface area contributed by atoms with Gasteiger partial charge in [0.25, 0.3) is 0 Å². The molecule has 44 valence electrons. The highest BCUT2D eigenvalue weighted by molar-refractivity contribution is 6.39. The molecule has 0 atom stereocenters. The highest BCUT2D eigenvalue weighted by Gasteiger charge is 1.90. The van der Waals surface area contributed by atoms with Gasteiger partial charge < -0.3 is 4.79 Å². The topological polar surface area (TPSA) is 17.1 Å². The molecule has 8 heavy (non-hydrogen) atoms. The highest BCUT2D eigenvalue weighted by Crippen LogP contribution is 1.93. The Hall–Kier alpha value is 0.436. The number of rotatable bonds is 5. The van der Waals surface area contributed by atoms with Crippen molar-refractivity contribution in [3.05, 3.63) is 0 Å². The Balaban J connectivity index is 2.62. The van der Waals surface area contributed by atoms with E-state index in [1.807, 2.05) is 0 Å². The van der Waals surface area contributed by atoms with Gasteiger partial charge in [-0.25, -0.2) is 0 Å². The predicted octanol–water partition coefficient (Wildman–Crippen LogP) is 1.53. The Kier molecular flexibility index (Phi) is 7.84. The van der Waals surface area contributed by atoms with Crippen LogP contribution >= 0.6 is 0 Å². The third-order valence-corrected chi connectivity index (χ3v) is 2.82. The Labute approximate surface area is 60.6 Å². The predicted molar refractivity (Wildman–Crippen MR) is 36.3 cm³/mol. The van der Waals surface area contributed by atoms with Gasteiger partial charge in [0, 0.05) is 0 Å². The van der Waals surface area contributed by atoms with E-state index in [0.717, 1.165) is 10.8 Å². The first-order valence-corrected chi connectivity index (χ1v) is 5.35. The molecule has 0 N–H and O–H groups in total. The summed E-state index contributed by atoms with van der Waals surface area (Å²) in [4.78, 5) is 9.80. The molecule has 0 spiro atoms. The van der Waals surface area contributed by atoms with Crippen molar-refractivity contribution in [1.29, 1.82) is 0 Å². The zero-order valence-electron chi connectivity index (χ0n) is 5.52. The van der Waals surface area contributed by atoms with E-state index in [0.29, 0.717) is 0 Å². The Bertz CT molecular complexity index is 54.5. The first-order chi connectivity index (χ1) is 3.91. The van der Waals surface area contributed by atoms with Crippen molar-refractivity contribution in [3.63, 3.8) is 0 Å². The van der Waals surface area contributed by atoms with Crippen molar-refractivity contribution in [2.24, 2.45) is 0 Å².